The topological polar surface area (TPSA) is 20.3 Å². The number of ketones is 1. The number of hydrogen-bond acceptors (Lipinski definition) is 2. The van der Waals surface area contributed by atoms with E-state index >= 15 is 0 Å². The molecule has 2 nitrogen and oxygen atoms in total. The lowest BCUT2D eigenvalue weighted by molar-refractivity contribution is -0.122. The maximum atomic E-state index is 11.4. The molecule has 0 bridgehead atoms. The lowest BCUT2D eigenvalue weighted by Crippen LogP contribution is -2.41. The van der Waals surface area contributed by atoms with Gasteiger partial charge in [-0.05, 0) is 19.0 Å². The molecule has 0 saturated carbocycles. The van der Waals surface area contributed by atoms with Crippen molar-refractivity contribution in [3.05, 3.63) is 35.9 Å². The molecule has 1 atom stereocenters. The van der Waals surface area contributed by atoms with Crippen LogP contribution in [0.3, 0.4) is 0 Å². The van der Waals surface area contributed by atoms with E-state index in [-0.39, 0.29) is 24.0 Å². The highest BCUT2D eigenvalue weighted by Crippen LogP contribution is 2.16. The Hall–Kier alpha value is -0.420. The molecule has 1 heterocycles. The number of likely N-dealkylation sites (N-methyl/N-ethyl adjacent to an activating group) is 1. The van der Waals surface area contributed by atoms with E-state index in [1.54, 1.807) is 0 Å². The fourth-order valence-electron chi connectivity index (χ4n) is 2.12. The fraction of sp³-hybridized carbons (Fsp3) is 0.462. The average molecular weight is 331 g/mol. The zero-order valence-electron chi connectivity index (χ0n) is 9.56. The highest BCUT2D eigenvalue weighted by molar-refractivity contribution is 14.0. The van der Waals surface area contributed by atoms with Crippen molar-refractivity contribution in [2.45, 2.75) is 25.3 Å². The summed E-state index contributed by atoms with van der Waals surface area (Å²) in [6.45, 7) is 0.913. The van der Waals surface area contributed by atoms with Gasteiger partial charge in [-0.25, -0.2) is 0 Å². The van der Waals surface area contributed by atoms with E-state index in [1.165, 1.54) is 5.56 Å². The smallest absolute Gasteiger partial charge is 0.135 e. The molecule has 0 N–H and O–H groups in total. The number of halogens is 1. The summed E-state index contributed by atoms with van der Waals surface area (Å²) in [5.41, 5.74) is 1.32. The van der Waals surface area contributed by atoms with Crippen molar-refractivity contribution in [1.29, 1.82) is 0 Å². The molecule has 0 aromatic heterocycles. The van der Waals surface area contributed by atoms with Crippen LogP contribution in [0, 0.1) is 0 Å². The molecule has 2 rings (SSSR count). The lowest BCUT2D eigenvalue weighted by Gasteiger charge is -2.31. The van der Waals surface area contributed by atoms with Gasteiger partial charge in [0.1, 0.15) is 5.78 Å². The van der Waals surface area contributed by atoms with E-state index in [9.17, 15) is 4.79 Å². The molecule has 1 aromatic rings. The SMILES string of the molecule is CN1CCC(=O)CC1Cc1ccccc1.I. The number of likely N-dealkylation sites (tertiary alicyclic amines) is 1. The number of benzene rings is 1. The van der Waals surface area contributed by atoms with Crippen molar-refractivity contribution in [2.75, 3.05) is 13.6 Å². The summed E-state index contributed by atoms with van der Waals surface area (Å²) in [6.07, 6.45) is 2.43. The Balaban J connectivity index is 0.00000128. The second-order valence-corrected chi connectivity index (χ2v) is 4.32. The molecule has 16 heavy (non-hydrogen) atoms. The van der Waals surface area contributed by atoms with Crippen molar-refractivity contribution in [3.63, 3.8) is 0 Å². The number of carbonyl (C=O) groups excluding carboxylic acids is 1. The Morgan fingerprint density at radius 2 is 2.00 bits per heavy atom. The summed E-state index contributed by atoms with van der Waals surface area (Å²) in [5.74, 6) is 0.411. The number of carbonyl (C=O) groups is 1. The summed E-state index contributed by atoms with van der Waals surface area (Å²) < 4.78 is 0. The van der Waals surface area contributed by atoms with Crippen LogP contribution in [0.2, 0.25) is 0 Å². The van der Waals surface area contributed by atoms with E-state index in [1.807, 2.05) is 6.07 Å². The van der Waals surface area contributed by atoms with Crippen LogP contribution in [0.15, 0.2) is 30.3 Å². The van der Waals surface area contributed by atoms with Crippen LogP contribution < -0.4 is 0 Å². The van der Waals surface area contributed by atoms with Gasteiger partial charge < -0.3 is 4.90 Å². The van der Waals surface area contributed by atoms with E-state index in [0.717, 1.165) is 19.4 Å². The molecule has 88 valence electrons. The van der Waals surface area contributed by atoms with Gasteiger partial charge in [0.15, 0.2) is 0 Å². The molecule has 0 aliphatic carbocycles. The number of nitrogens with zero attached hydrogens (tertiary/aromatic N) is 1. The quantitative estimate of drug-likeness (QED) is 0.776. The first kappa shape index (κ1) is 13.6. The molecule has 3 heteroatoms. The number of Topliss-reactive ketones (excluding diaryl/α,β-unsaturated/α-hetero) is 1. The van der Waals surface area contributed by atoms with Gasteiger partial charge in [-0.1, -0.05) is 30.3 Å². The molecule has 0 spiro atoms. The van der Waals surface area contributed by atoms with Gasteiger partial charge in [-0.2, -0.15) is 0 Å². The Bertz CT molecular complexity index is 339. The van der Waals surface area contributed by atoms with Crippen LogP contribution in [-0.2, 0) is 11.2 Å². The van der Waals surface area contributed by atoms with E-state index in [4.69, 9.17) is 0 Å². The summed E-state index contributed by atoms with van der Waals surface area (Å²) in [6, 6.07) is 10.8. The van der Waals surface area contributed by atoms with Gasteiger partial charge in [0.25, 0.3) is 0 Å². The molecule has 0 radical (unpaired) electrons. The normalized spacial score (nSPS) is 21.6. The molecule has 0 amide bonds. The first-order valence-electron chi connectivity index (χ1n) is 5.51. The van der Waals surface area contributed by atoms with Crippen molar-refractivity contribution >= 4 is 29.8 Å². The van der Waals surface area contributed by atoms with Crippen LogP contribution in [0.4, 0.5) is 0 Å². The number of rotatable bonds is 2. The minimum absolute atomic E-state index is 0. The van der Waals surface area contributed by atoms with Gasteiger partial charge in [0, 0.05) is 25.4 Å². The first-order chi connectivity index (χ1) is 7.25. The third-order valence-corrected chi connectivity index (χ3v) is 3.14. The fourth-order valence-corrected chi connectivity index (χ4v) is 2.12. The predicted molar refractivity (Wildman–Crippen MR) is 76.2 cm³/mol. The van der Waals surface area contributed by atoms with Gasteiger partial charge >= 0.3 is 0 Å². The van der Waals surface area contributed by atoms with E-state index < -0.39 is 0 Å². The summed E-state index contributed by atoms with van der Waals surface area (Å²) >= 11 is 0. The van der Waals surface area contributed by atoms with Crippen LogP contribution in [0.1, 0.15) is 18.4 Å². The Kier molecular flexibility index (Phi) is 5.41. The molecule has 1 aliphatic heterocycles. The van der Waals surface area contributed by atoms with Gasteiger partial charge in [0.2, 0.25) is 0 Å². The molecule has 1 aromatic carbocycles. The van der Waals surface area contributed by atoms with Gasteiger partial charge in [0.05, 0.1) is 0 Å². The molecule has 1 unspecified atom stereocenters. The average Bonchev–Trinajstić information content (AvgIpc) is 2.25. The first-order valence-corrected chi connectivity index (χ1v) is 5.51. The highest BCUT2D eigenvalue weighted by atomic mass is 127. The van der Waals surface area contributed by atoms with Crippen molar-refractivity contribution in [1.82, 2.24) is 4.90 Å². The molecular formula is C13H18INO. The monoisotopic (exact) mass is 331 g/mol. The second-order valence-electron chi connectivity index (χ2n) is 4.32. The largest absolute Gasteiger partial charge is 0.302 e. The Morgan fingerprint density at radius 3 is 2.69 bits per heavy atom. The molecule has 1 saturated heterocycles. The van der Waals surface area contributed by atoms with Crippen LogP contribution in [0.25, 0.3) is 0 Å². The molecule has 1 aliphatic rings. The maximum Gasteiger partial charge on any atom is 0.135 e. The highest BCUT2D eigenvalue weighted by Gasteiger charge is 2.23. The zero-order valence-corrected chi connectivity index (χ0v) is 11.9. The maximum absolute atomic E-state index is 11.4. The van der Waals surface area contributed by atoms with Gasteiger partial charge in [-0.15, -0.1) is 24.0 Å². The summed E-state index contributed by atoms with van der Waals surface area (Å²) in [7, 11) is 2.11. The van der Waals surface area contributed by atoms with Crippen LogP contribution in [0.5, 0.6) is 0 Å². The Morgan fingerprint density at radius 1 is 1.31 bits per heavy atom. The van der Waals surface area contributed by atoms with Crippen molar-refractivity contribution in [2.24, 2.45) is 0 Å². The standard InChI is InChI=1S/C13H17NO.HI/c1-14-8-7-13(15)10-12(14)9-11-5-3-2-4-6-11;/h2-6,12H,7-10H2,1H3;1H. The van der Waals surface area contributed by atoms with E-state index in [0.29, 0.717) is 18.2 Å². The lowest BCUT2D eigenvalue weighted by atomic mass is 9.95. The van der Waals surface area contributed by atoms with Gasteiger partial charge in [-0.3, -0.25) is 4.79 Å². The zero-order chi connectivity index (χ0) is 10.7. The third-order valence-electron chi connectivity index (χ3n) is 3.14. The minimum Gasteiger partial charge on any atom is -0.302 e. The summed E-state index contributed by atoms with van der Waals surface area (Å²) in [4.78, 5) is 13.7. The molecular weight excluding hydrogens is 313 g/mol. The van der Waals surface area contributed by atoms with Crippen molar-refractivity contribution < 1.29 is 4.79 Å². The minimum atomic E-state index is 0. The second kappa shape index (κ2) is 6.35. The third kappa shape index (κ3) is 3.56. The number of hydrogen-bond donors (Lipinski definition) is 0. The summed E-state index contributed by atoms with van der Waals surface area (Å²) in [5, 5.41) is 0. The van der Waals surface area contributed by atoms with Crippen LogP contribution >= 0.6 is 24.0 Å². The van der Waals surface area contributed by atoms with Crippen molar-refractivity contribution in [3.8, 4) is 0 Å². The number of piperidine rings is 1. The Labute approximate surface area is 114 Å². The molecule has 1 fully saturated rings. The predicted octanol–water partition coefficient (Wildman–Crippen LogP) is 2.51. The van der Waals surface area contributed by atoms with Crippen LogP contribution in [-0.4, -0.2) is 30.3 Å². The van der Waals surface area contributed by atoms with E-state index in [2.05, 4.69) is 36.2 Å².